The molecule has 19 heavy (non-hydrogen) atoms. The van der Waals surface area contributed by atoms with Gasteiger partial charge in [0.2, 0.25) is 0 Å². The van der Waals surface area contributed by atoms with E-state index in [1.807, 2.05) is 24.3 Å². The molecule has 0 saturated carbocycles. The van der Waals surface area contributed by atoms with Crippen LogP contribution in [0.15, 0.2) is 48.5 Å². The normalized spacial score (nSPS) is 21.7. The van der Waals surface area contributed by atoms with Crippen LogP contribution in [-0.4, -0.2) is 17.0 Å². The standard InChI is InChI=1S/C15H12ClNO2/c16-10-7-5-9(6-8-10)13-15(19)14(18)11-3-1-2-4-12(11)17-13/h1-8,13,15,17,19H/t13-,15+/m0/s1. The highest BCUT2D eigenvalue weighted by Crippen LogP contribution is 2.33. The first-order valence-electron chi connectivity index (χ1n) is 6.00. The highest BCUT2D eigenvalue weighted by atomic mass is 35.5. The third kappa shape index (κ3) is 2.11. The lowest BCUT2D eigenvalue weighted by molar-refractivity contribution is 0.0695. The van der Waals surface area contributed by atoms with Crippen LogP contribution in [0.4, 0.5) is 5.69 Å². The first-order valence-corrected chi connectivity index (χ1v) is 6.38. The van der Waals surface area contributed by atoms with Crippen LogP contribution in [0.2, 0.25) is 5.02 Å². The van der Waals surface area contributed by atoms with E-state index in [1.54, 1.807) is 24.3 Å². The first-order chi connectivity index (χ1) is 9.16. The van der Waals surface area contributed by atoms with E-state index in [2.05, 4.69) is 5.32 Å². The average molecular weight is 274 g/mol. The number of Topliss-reactive ketones (excluding diaryl/α,β-unsaturated/α-hetero) is 1. The number of benzene rings is 2. The van der Waals surface area contributed by atoms with Gasteiger partial charge in [0.05, 0.1) is 6.04 Å². The summed E-state index contributed by atoms with van der Waals surface area (Å²) in [6.07, 6.45) is -1.09. The van der Waals surface area contributed by atoms with E-state index in [9.17, 15) is 9.90 Å². The molecule has 3 nitrogen and oxygen atoms in total. The number of carbonyl (C=O) groups is 1. The summed E-state index contributed by atoms with van der Waals surface area (Å²) in [7, 11) is 0. The van der Waals surface area contributed by atoms with Gasteiger partial charge in [0.15, 0.2) is 5.78 Å². The Morgan fingerprint density at radius 2 is 1.74 bits per heavy atom. The molecule has 0 amide bonds. The van der Waals surface area contributed by atoms with Gasteiger partial charge in [-0.15, -0.1) is 0 Å². The second kappa shape index (κ2) is 4.68. The molecule has 0 unspecified atom stereocenters. The van der Waals surface area contributed by atoms with E-state index in [-0.39, 0.29) is 5.78 Å². The molecule has 0 aromatic heterocycles. The van der Waals surface area contributed by atoms with Crippen LogP contribution in [-0.2, 0) is 0 Å². The fourth-order valence-electron chi connectivity index (χ4n) is 2.32. The molecule has 0 bridgehead atoms. The largest absolute Gasteiger partial charge is 0.382 e. The maximum Gasteiger partial charge on any atom is 0.195 e. The molecule has 96 valence electrons. The SMILES string of the molecule is O=C1c2ccccc2N[C@@H](c2ccc(Cl)cc2)[C@H]1O. The molecule has 2 aromatic rings. The molecule has 2 N–H and O–H groups in total. The first kappa shape index (κ1) is 12.2. The van der Waals surface area contributed by atoms with Crippen LogP contribution in [0, 0.1) is 0 Å². The highest BCUT2D eigenvalue weighted by Gasteiger charge is 2.34. The molecule has 4 heteroatoms. The van der Waals surface area contributed by atoms with Crippen LogP contribution in [0.3, 0.4) is 0 Å². The Kier molecular flexibility index (Phi) is 3.01. The van der Waals surface area contributed by atoms with Crippen LogP contribution < -0.4 is 5.32 Å². The lowest BCUT2D eigenvalue weighted by atomic mass is 9.90. The monoisotopic (exact) mass is 273 g/mol. The molecule has 2 atom stereocenters. The van der Waals surface area contributed by atoms with Crippen molar-refractivity contribution in [2.24, 2.45) is 0 Å². The quantitative estimate of drug-likeness (QED) is 0.840. The van der Waals surface area contributed by atoms with Crippen LogP contribution >= 0.6 is 11.6 Å². The number of hydrogen-bond donors (Lipinski definition) is 2. The lowest BCUT2D eigenvalue weighted by Gasteiger charge is -2.30. The molecule has 0 fully saturated rings. The third-order valence-electron chi connectivity index (χ3n) is 3.32. The van der Waals surface area contributed by atoms with Gasteiger partial charge in [0.25, 0.3) is 0 Å². The summed E-state index contributed by atoms with van der Waals surface area (Å²) in [5, 5.41) is 14.0. The van der Waals surface area contributed by atoms with Crippen molar-refractivity contribution in [1.82, 2.24) is 0 Å². The van der Waals surface area contributed by atoms with Gasteiger partial charge < -0.3 is 10.4 Å². The Labute approximate surface area is 115 Å². The Hall–Kier alpha value is -1.84. The van der Waals surface area contributed by atoms with Crippen molar-refractivity contribution in [1.29, 1.82) is 0 Å². The minimum atomic E-state index is -1.09. The topological polar surface area (TPSA) is 49.3 Å². The van der Waals surface area contributed by atoms with Gasteiger partial charge in [-0.2, -0.15) is 0 Å². The molecule has 0 spiro atoms. The van der Waals surface area contributed by atoms with Gasteiger partial charge in [-0.3, -0.25) is 4.79 Å². The van der Waals surface area contributed by atoms with Crippen molar-refractivity contribution in [3.63, 3.8) is 0 Å². The molecule has 1 aliphatic heterocycles. The minimum absolute atomic E-state index is 0.255. The van der Waals surface area contributed by atoms with Gasteiger partial charge in [-0.25, -0.2) is 0 Å². The maximum atomic E-state index is 12.2. The summed E-state index contributed by atoms with van der Waals surface area (Å²) in [6.45, 7) is 0. The second-order valence-corrected chi connectivity index (χ2v) is 4.96. The van der Waals surface area contributed by atoms with Gasteiger partial charge >= 0.3 is 0 Å². The zero-order valence-corrected chi connectivity index (χ0v) is 10.8. The number of nitrogens with one attached hydrogen (secondary N) is 1. The van der Waals surface area contributed by atoms with E-state index < -0.39 is 12.1 Å². The van der Waals surface area contributed by atoms with Crippen molar-refractivity contribution in [3.8, 4) is 0 Å². The van der Waals surface area contributed by atoms with Crippen molar-refractivity contribution in [2.75, 3.05) is 5.32 Å². The van der Waals surface area contributed by atoms with Crippen LogP contribution in [0.25, 0.3) is 0 Å². The third-order valence-corrected chi connectivity index (χ3v) is 3.57. The van der Waals surface area contributed by atoms with E-state index >= 15 is 0 Å². The predicted molar refractivity (Wildman–Crippen MR) is 74.6 cm³/mol. The molecule has 1 aliphatic rings. The number of anilines is 1. The van der Waals surface area contributed by atoms with Crippen molar-refractivity contribution in [2.45, 2.75) is 12.1 Å². The number of ketones is 1. The Balaban J connectivity index is 2.01. The number of aliphatic hydroxyl groups excluding tert-OH is 1. The number of aliphatic hydroxyl groups is 1. The van der Waals surface area contributed by atoms with Crippen LogP contribution in [0.1, 0.15) is 22.0 Å². The second-order valence-electron chi connectivity index (χ2n) is 4.53. The lowest BCUT2D eigenvalue weighted by Crippen LogP contribution is -2.37. The Bertz CT molecular complexity index is 624. The van der Waals surface area contributed by atoms with Gasteiger partial charge in [-0.1, -0.05) is 35.9 Å². The van der Waals surface area contributed by atoms with Crippen LogP contribution in [0.5, 0.6) is 0 Å². The summed E-state index contributed by atoms with van der Waals surface area (Å²) in [5.74, 6) is -0.255. The Morgan fingerprint density at radius 3 is 2.47 bits per heavy atom. The maximum absolute atomic E-state index is 12.2. The van der Waals surface area contributed by atoms with Crippen molar-refractivity contribution >= 4 is 23.1 Å². The highest BCUT2D eigenvalue weighted by molar-refractivity contribution is 6.30. The molecule has 3 rings (SSSR count). The average Bonchev–Trinajstić information content (AvgIpc) is 2.44. The Morgan fingerprint density at radius 1 is 1.05 bits per heavy atom. The summed E-state index contributed by atoms with van der Waals surface area (Å²) >= 11 is 5.85. The van der Waals surface area contributed by atoms with Crippen molar-refractivity contribution in [3.05, 3.63) is 64.7 Å². The van der Waals surface area contributed by atoms with E-state index in [1.165, 1.54) is 0 Å². The summed E-state index contributed by atoms with van der Waals surface area (Å²) in [5.41, 5.74) is 2.11. The minimum Gasteiger partial charge on any atom is -0.382 e. The number of fused-ring (bicyclic) bond motifs is 1. The number of rotatable bonds is 1. The number of hydrogen-bond acceptors (Lipinski definition) is 3. The van der Waals surface area contributed by atoms with Gasteiger partial charge in [0.1, 0.15) is 6.10 Å². The fourth-order valence-corrected chi connectivity index (χ4v) is 2.44. The number of para-hydroxylation sites is 1. The molecule has 0 aliphatic carbocycles. The fraction of sp³-hybridized carbons (Fsp3) is 0.133. The van der Waals surface area contributed by atoms with E-state index in [4.69, 9.17) is 11.6 Å². The molecular weight excluding hydrogens is 262 g/mol. The zero-order valence-electron chi connectivity index (χ0n) is 10.0. The number of halogens is 1. The van der Waals surface area contributed by atoms with E-state index in [0.29, 0.717) is 10.6 Å². The summed E-state index contributed by atoms with van der Waals surface area (Å²) in [4.78, 5) is 12.2. The molecular formula is C15H12ClNO2. The molecule has 1 heterocycles. The zero-order chi connectivity index (χ0) is 13.4. The molecule has 0 radical (unpaired) electrons. The predicted octanol–water partition coefficient (Wildman–Crippen LogP) is 3.05. The smallest absolute Gasteiger partial charge is 0.195 e. The van der Waals surface area contributed by atoms with Gasteiger partial charge in [-0.05, 0) is 29.8 Å². The summed E-state index contributed by atoms with van der Waals surface area (Å²) in [6, 6.07) is 13.9. The molecule has 0 saturated heterocycles. The van der Waals surface area contributed by atoms with E-state index in [0.717, 1.165) is 11.3 Å². The van der Waals surface area contributed by atoms with Crippen molar-refractivity contribution < 1.29 is 9.90 Å². The van der Waals surface area contributed by atoms with Gasteiger partial charge in [0, 0.05) is 16.3 Å². The summed E-state index contributed by atoms with van der Waals surface area (Å²) < 4.78 is 0. The molecule has 2 aromatic carbocycles. The number of carbonyl (C=O) groups excluding carboxylic acids is 1.